The Bertz CT molecular complexity index is 382. The molecule has 0 aliphatic rings. The van der Waals surface area contributed by atoms with E-state index in [2.05, 4.69) is 0 Å². The molecule has 86 valence electrons. The summed E-state index contributed by atoms with van der Waals surface area (Å²) >= 11 is 0. The Kier molecular flexibility index (Phi) is 3.66. The number of benzene rings is 1. The Balaban J connectivity index is 2.71. The van der Waals surface area contributed by atoms with Crippen molar-refractivity contribution in [2.24, 2.45) is 5.73 Å². The fourth-order valence-corrected chi connectivity index (χ4v) is 1.51. The minimum atomic E-state index is -0.783. The van der Waals surface area contributed by atoms with Gasteiger partial charge in [-0.25, -0.2) is 4.79 Å². The fourth-order valence-electron chi connectivity index (χ4n) is 1.51. The van der Waals surface area contributed by atoms with E-state index in [1.165, 1.54) is 0 Å². The largest absolute Gasteiger partial charge is 0.443 e. The minimum absolute atomic E-state index is 0.551. The van der Waals surface area contributed by atoms with Gasteiger partial charge in [0.05, 0.1) is 0 Å². The predicted octanol–water partition coefficient (Wildman–Crippen LogP) is 1.92. The zero-order valence-corrected chi connectivity index (χ0v) is 9.40. The molecule has 0 heterocycles. The summed E-state index contributed by atoms with van der Waals surface area (Å²) in [5, 5.41) is 0. The van der Waals surface area contributed by atoms with Gasteiger partial charge < -0.3 is 10.5 Å². The number of hydrogen-bond acceptors (Lipinski definition) is 3. The summed E-state index contributed by atoms with van der Waals surface area (Å²) in [5.41, 5.74) is 5.93. The Labute approximate surface area is 94.4 Å². The summed E-state index contributed by atoms with van der Waals surface area (Å²) in [6.45, 7) is 3.57. The SMILES string of the molecule is CC(C)(Cc1ccc(C=O)cc1)OC(N)=O. The summed E-state index contributed by atoms with van der Waals surface area (Å²) in [6, 6.07) is 7.11. The van der Waals surface area contributed by atoms with Gasteiger partial charge in [-0.05, 0) is 19.4 Å². The van der Waals surface area contributed by atoms with E-state index in [1.54, 1.807) is 26.0 Å². The van der Waals surface area contributed by atoms with Crippen molar-refractivity contribution in [3.8, 4) is 0 Å². The summed E-state index contributed by atoms with van der Waals surface area (Å²) in [7, 11) is 0. The van der Waals surface area contributed by atoms with Crippen molar-refractivity contribution in [1.82, 2.24) is 0 Å². The highest BCUT2D eigenvalue weighted by molar-refractivity contribution is 5.74. The average molecular weight is 221 g/mol. The van der Waals surface area contributed by atoms with Gasteiger partial charge in [0.2, 0.25) is 0 Å². The van der Waals surface area contributed by atoms with Crippen molar-refractivity contribution in [2.75, 3.05) is 0 Å². The van der Waals surface area contributed by atoms with E-state index in [9.17, 15) is 9.59 Å². The molecule has 0 saturated heterocycles. The van der Waals surface area contributed by atoms with Gasteiger partial charge >= 0.3 is 6.09 Å². The smallest absolute Gasteiger partial charge is 0.405 e. The predicted molar refractivity (Wildman–Crippen MR) is 60.3 cm³/mol. The number of rotatable bonds is 4. The topological polar surface area (TPSA) is 69.4 Å². The first-order valence-corrected chi connectivity index (χ1v) is 4.95. The lowest BCUT2D eigenvalue weighted by Crippen LogP contribution is -2.33. The normalized spacial score (nSPS) is 10.9. The van der Waals surface area contributed by atoms with Crippen molar-refractivity contribution in [2.45, 2.75) is 25.9 Å². The van der Waals surface area contributed by atoms with Crippen LogP contribution in [0.15, 0.2) is 24.3 Å². The first-order chi connectivity index (χ1) is 7.43. The first kappa shape index (κ1) is 12.2. The molecule has 0 aliphatic carbocycles. The zero-order chi connectivity index (χ0) is 12.2. The van der Waals surface area contributed by atoms with Crippen LogP contribution in [0.1, 0.15) is 29.8 Å². The molecule has 1 rings (SSSR count). The van der Waals surface area contributed by atoms with Crippen molar-refractivity contribution >= 4 is 12.4 Å². The van der Waals surface area contributed by atoms with Crippen LogP contribution in [-0.4, -0.2) is 18.0 Å². The highest BCUT2D eigenvalue weighted by Gasteiger charge is 2.21. The molecule has 0 bridgehead atoms. The van der Waals surface area contributed by atoms with Crippen LogP contribution in [0.2, 0.25) is 0 Å². The van der Waals surface area contributed by atoms with Gasteiger partial charge in [0.1, 0.15) is 11.9 Å². The van der Waals surface area contributed by atoms with E-state index in [0.717, 1.165) is 11.8 Å². The molecule has 4 nitrogen and oxygen atoms in total. The van der Waals surface area contributed by atoms with Crippen LogP contribution >= 0.6 is 0 Å². The Morgan fingerprint density at radius 3 is 2.38 bits per heavy atom. The van der Waals surface area contributed by atoms with Crippen molar-refractivity contribution < 1.29 is 14.3 Å². The van der Waals surface area contributed by atoms with E-state index in [0.29, 0.717) is 12.0 Å². The maximum absolute atomic E-state index is 10.7. The highest BCUT2D eigenvalue weighted by atomic mass is 16.6. The molecule has 4 heteroatoms. The third-order valence-electron chi connectivity index (χ3n) is 2.12. The quantitative estimate of drug-likeness (QED) is 0.789. The summed E-state index contributed by atoms with van der Waals surface area (Å²) in [4.78, 5) is 21.1. The van der Waals surface area contributed by atoms with Crippen LogP contribution in [-0.2, 0) is 11.2 Å². The Hall–Kier alpha value is -1.84. The van der Waals surface area contributed by atoms with Gasteiger partial charge in [0.25, 0.3) is 0 Å². The van der Waals surface area contributed by atoms with Gasteiger partial charge in [-0.15, -0.1) is 0 Å². The molecule has 1 aromatic rings. The lowest BCUT2D eigenvalue weighted by atomic mass is 9.98. The van der Waals surface area contributed by atoms with E-state index in [1.807, 2.05) is 12.1 Å². The number of hydrogen-bond donors (Lipinski definition) is 1. The van der Waals surface area contributed by atoms with Crippen molar-refractivity contribution in [3.63, 3.8) is 0 Å². The van der Waals surface area contributed by atoms with Gasteiger partial charge in [-0.3, -0.25) is 4.79 Å². The molecule has 16 heavy (non-hydrogen) atoms. The van der Waals surface area contributed by atoms with Crippen LogP contribution in [0, 0.1) is 0 Å². The van der Waals surface area contributed by atoms with Crippen molar-refractivity contribution in [1.29, 1.82) is 0 Å². The highest BCUT2D eigenvalue weighted by Crippen LogP contribution is 2.17. The molecule has 0 radical (unpaired) electrons. The summed E-state index contributed by atoms with van der Waals surface area (Å²) in [6.07, 6.45) is 0.554. The molecule has 0 unspecified atom stereocenters. The number of primary amides is 1. The maximum atomic E-state index is 10.7. The molecule has 0 fully saturated rings. The number of carbonyl (C=O) groups excluding carboxylic acids is 2. The first-order valence-electron chi connectivity index (χ1n) is 4.95. The number of amides is 1. The Morgan fingerprint density at radius 2 is 1.94 bits per heavy atom. The van der Waals surface area contributed by atoms with Crippen LogP contribution in [0.5, 0.6) is 0 Å². The van der Waals surface area contributed by atoms with Crippen LogP contribution < -0.4 is 5.73 Å². The fraction of sp³-hybridized carbons (Fsp3) is 0.333. The van der Waals surface area contributed by atoms with E-state index < -0.39 is 11.7 Å². The van der Waals surface area contributed by atoms with Crippen LogP contribution in [0.3, 0.4) is 0 Å². The Morgan fingerprint density at radius 1 is 1.38 bits per heavy atom. The van der Waals surface area contributed by atoms with E-state index in [-0.39, 0.29) is 0 Å². The molecular formula is C12H15NO3. The second-order valence-electron chi connectivity index (χ2n) is 4.22. The monoisotopic (exact) mass is 221 g/mol. The lowest BCUT2D eigenvalue weighted by molar-refractivity contribution is 0.0460. The van der Waals surface area contributed by atoms with E-state index >= 15 is 0 Å². The number of nitrogens with two attached hydrogens (primary N) is 1. The number of carbonyl (C=O) groups is 2. The van der Waals surface area contributed by atoms with Gasteiger partial charge in [0.15, 0.2) is 0 Å². The average Bonchev–Trinajstić information content (AvgIpc) is 2.16. The minimum Gasteiger partial charge on any atom is -0.443 e. The lowest BCUT2D eigenvalue weighted by Gasteiger charge is -2.23. The number of ether oxygens (including phenoxy) is 1. The van der Waals surface area contributed by atoms with Gasteiger partial charge in [-0.2, -0.15) is 0 Å². The molecular weight excluding hydrogens is 206 g/mol. The molecule has 1 amide bonds. The van der Waals surface area contributed by atoms with Crippen molar-refractivity contribution in [3.05, 3.63) is 35.4 Å². The molecule has 0 aliphatic heterocycles. The standard InChI is InChI=1S/C12H15NO3/c1-12(2,16-11(13)15)7-9-3-5-10(8-14)6-4-9/h3-6,8H,7H2,1-2H3,(H2,13,15). The van der Waals surface area contributed by atoms with Gasteiger partial charge in [0, 0.05) is 12.0 Å². The molecule has 0 spiro atoms. The second-order valence-corrected chi connectivity index (χ2v) is 4.22. The van der Waals surface area contributed by atoms with Crippen LogP contribution in [0.25, 0.3) is 0 Å². The number of aldehydes is 1. The second kappa shape index (κ2) is 4.79. The third-order valence-corrected chi connectivity index (χ3v) is 2.12. The third kappa shape index (κ3) is 3.73. The van der Waals surface area contributed by atoms with Gasteiger partial charge in [-0.1, -0.05) is 24.3 Å². The molecule has 0 atom stereocenters. The summed E-state index contributed by atoms with van der Waals surface area (Å²) < 4.78 is 4.97. The summed E-state index contributed by atoms with van der Waals surface area (Å²) in [5.74, 6) is 0. The van der Waals surface area contributed by atoms with E-state index in [4.69, 9.17) is 10.5 Å². The molecule has 2 N–H and O–H groups in total. The van der Waals surface area contributed by atoms with Crippen LogP contribution in [0.4, 0.5) is 4.79 Å². The molecule has 0 saturated carbocycles. The maximum Gasteiger partial charge on any atom is 0.405 e. The zero-order valence-electron chi connectivity index (χ0n) is 9.40. The molecule has 0 aromatic heterocycles. The molecule has 1 aromatic carbocycles.